The average Bonchev–Trinajstić information content (AvgIpc) is 2.70. The van der Waals surface area contributed by atoms with Gasteiger partial charge in [0.1, 0.15) is 0 Å². The van der Waals surface area contributed by atoms with Gasteiger partial charge in [-0.05, 0) is 44.0 Å². The van der Waals surface area contributed by atoms with Gasteiger partial charge in [-0.1, -0.05) is 42.0 Å². The van der Waals surface area contributed by atoms with Crippen molar-refractivity contribution < 1.29 is 14.2 Å². The highest BCUT2D eigenvalue weighted by atomic mass is 16.2. The normalized spacial score (nSPS) is 15.8. The third-order valence-electron chi connectivity index (χ3n) is 5.38. The van der Waals surface area contributed by atoms with E-state index in [1.165, 1.54) is 0 Å². The van der Waals surface area contributed by atoms with E-state index >= 15 is 0 Å². The van der Waals surface area contributed by atoms with Gasteiger partial charge < -0.3 is 5.32 Å². The van der Waals surface area contributed by atoms with Gasteiger partial charge in [0.05, 0.1) is 0 Å². The Balaban J connectivity index is 1.80. The molecule has 2 aromatic carbocycles. The summed E-state index contributed by atoms with van der Waals surface area (Å²) in [5.74, 6) is -0.338. The summed E-state index contributed by atoms with van der Waals surface area (Å²) in [5.41, 5.74) is 5.38. The van der Waals surface area contributed by atoms with E-state index in [1.54, 1.807) is 4.90 Å². The van der Waals surface area contributed by atoms with Crippen molar-refractivity contribution in [1.82, 2.24) is 0 Å². The number of hydrogen-bond donors (Lipinski definition) is 1. The minimum atomic E-state index is -0.751. The zero-order chi connectivity index (χ0) is 20.5. The van der Waals surface area contributed by atoms with Crippen LogP contribution in [-0.2, 0) is 16.1 Å². The maximum Gasteiger partial charge on any atom is 0.294 e. The number of aryl methyl sites for hydroxylation is 3. The number of nitrogens with zero attached hydrogens (tertiary/aromatic N) is 2. The number of benzene rings is 2. The Morgan fingerprint density at radius 2 is 1.66 bits per heavy atom. The Hall–Kier alpha value is -3.47. The lowest BCUT2D eigenvalue weighted by Crippen LogP contribution is -2.58. The molecule has 5 heteroatoms. The molecule has 1 atom stereocenters. The average molecular weight is 386 g/mol. The number of rotatable bonds is 3. The lowest BCUT2D eigenvalue weighted by Gasteiger charge is -2.32. The molecule has 1 N–H and O–H groups in total. The predicted molar refractivity (Wildman–Crippen MR) is 113 cm³/mol. The van der Waals surface area contributed by atoms with Gasteiger partial charge >= 0.3 is 0 Å². The molecule has 0 saturated heterocycles. The third kappa shape index (κ3) is 3.51. The van der Waals surface area contributed by atoms with E-state index in [0.29, 0.717) is 0 Å². The SMILES string of the molecule is Cc1ccc(N2C(=O)C[n+]3ccccc3[C@H]2C(=O)Nc2c(C)cccc2C)cc1. The molecule has 0 aliphatic carbocycles. The molecular weight excluding hydrogens is 362 g/mol. The van der Waals surface area contributed by atoms with Crippen molar-refractivity contribution in [1.29, 1.82) is 0 Å². The van der Waals surface area contributed by atoms with Crippen LogP contribution in [0.5, 0.6) is 0 Å². The summed E-state index contributed by atoms with van der Waals surface area (Å²) >= 11 is 0. The lowest BCUT2D eigenvalue weighted by molar-refractivity contribution is -0.695. The van der Waals surface area contributed by atoms with E-state index < -0.39 is 6.04 Å². The molecule has 0 radical (unpaired) electrons. The number of carbonyl (C=O) groups is 2. The maximum atomic E-state index is 13.5. The second kappa shape index (κ2) is 7.51. The monoisotopic (exact) mass is 386 g/mol. The van der Waals surface area contributed by atoms with E-state index in [2.05, 4.69) is 5.32 Å². The zero-order valence-electron chi connectivity index (χ0n) is 16.8. The van der Waals surface area contributed by atoms with Crippen LogP contribution in [0.15, 0.2) is 66.9 Å². The van der Waals surface area contributed by atoms with Gasteiger partial charge in [0.25, 0.3) is 11.8 Å². The number of pyridine rings is 1. The summed E-state index contributed by atoms with van der Waals surface area (Å²) in [5, 5.41) is 3.07. The minimum absolute atomic E-state index is 0.112. The van der Waals surface area contributed by atoms with Crippen LogP contribution in [0.4, 0.5) is 11.4 Å². The fourth-order valence-corrected chi connectivity index (χ4v) is 3.83. The van der Waals surface area contributed by atoms with Crippen LogP contribution in [-0.4, -0.2) is 11.8 Å². The van der Waals surface area contributed by atoms with Crippen LogP contribution in [0.1, 0.15) is 28.4 Å². The highest BCUT2D eigenvalue weighted by molar-refractivity contribution is 6.05. The fourth-order valence-electron chi connectivity index (χ4n) is 3.83. The van der Waals surface area contributed by atoms with Gasteiger partial charge in [-0.3, -0.25) is 14.5 Å². The second-order valence-electron chi connectivity index (χ2n) is 7.51. The first-order valence-corrected chi connectivity index (χ1v) is 9.70. The van der Waals surface area contributed by atoms with Crippen molar-refractivity contribution in [2.45, 2.75) is 33.4 Å². The Morgan fingerprint density at radius 1 is 0.966 bits per heavy atom. The van der Waals surface area contributed by atoms with Crippen molar-refractivity contribution in [3.05, 3.63) is 89.2 Å². The molecule has 146 valence electrons. The molecule has 1 aromatic heterocycles. The quantitative estimate of drug-likeness (QED) is 0.699. The molecule has 0 saturated carbocycles. The minimum Gasteiger partial charge on any atom is -0.323 e. The van der Waals surface area contributed by atoms with Crippen LogP contribution in [0.2, 0.25) is 0 Å². The number of carbonyl (C=O) groups excluding carboxylic acids is 2. The van der Waals surface area contributed by atoms with Crippen LogP contribution >= 0.6 is 0 Å². The molecule has 1 aliphatic rings. The fraction of sp³-hybridized carbons (Fsp3) is 0.208. The Kier molecular flexibility index (Phi) is 4.89. The highest BCUT2D eigenvalue weighted by Gasteiger charge is 2.43. The largest absolute Gasteiger partial charge is 0.323 e. The van der Waals surface area contributed by atoms with E-state index in [0.717, 1.165) is 33.8 Å². The zero-order valence-corrected chi connectivity index (χ0v) is 16.8. The number of hydrogen-bond acceptors (Lipinski definition) is 2. The molecule has 3 aromatic rings. The molecular formula is C24H24N3O2+. The lowest BCUT2D eigenvalue weighted by atomic mass is 10.0. The van der Waals surface area contributed by atoms with Crippen molar-refractivity contribution in [3.8, 4) is 0 Å². The van der Waals surface area contributed by atoms with Crippen molar-refractivity contribution in [2.24, 2.45) is 0 Å². The van der Waals surface area contributed by atoms with Crippen LogP contribution in [0, 0.1) is 20.8 Å². The van der Waals surface area contributed by atoms with Gasteiger partial charge in [0.2, 0.25) is 18.3 Å². The van der Waals surface area contributed by atoms with Crippen LogP contribution < -0.4 is 14.8 Å². The van der Waals surface area contributed by atoms with Crippen molar-refractivity contribution in [3.63, 3.8) is 0 Å². The summed E-state index contributed by atoms with van der Waals surface area (Å²) in [4.78, 5) is 28.2. The van der Waals surface area contributed by atoms with Gasteiger partial charge in [0, 0.05) is 23.5 Å². The van der Waals surface area contributed by atoms with Gasteiger partial charge in [-0.25, -0.2) is 0 Å². The molecule has 1 aliphatic heterocycles. The standard InChI is InChI=1S/C24H23N3O2/c1-16-10-12-19(13-11-16)27-21(28)15-26-14-5-4-9-20(26)23(27)24(29)25-22-17(2)7-6-8-18(22)3/h4-14,23H,15H2,1-3H3/p+1/t23-/m0/s1. The van der Waals surface area contributed by atoms with Crippen molar-refractivity contribution >= 4 is 23.2 Å². The molecule has 2 heterocycles. The van der Waals surface area contributed by atoms with E-state index in [-0.39, 0.29) is 18.4 Å². The molecule has 5 nitrogen and oxygen atoms in total. The van der Waals surface area contributed by atoms with Gasteiger partial charge in [-0.2, -0.15) is 4.57 Å². The summed E-state index contributed by atoms with van der Waals surface area (Å²) in [6, 6.07) is 18.5. The molecule has 29 heavy (non-hydrogen) atoms. The summed E-state index contributed by atoms with van der Waals surface area (Å²) in [7, 11) is 0. The Bertz CT molecular complexity index is 1070. The van der Waals surface area contributed by atoms with Crippen molar-refractivity contribution in [2.75, 3.05) is 10.2 Å². The van der Waals surface area contributed by atoms with E-state index in [9.17, 15) is 9.59 Å². The van der Waals surface area contributed by atoms with Crippen LogP contribution in [0.25, 0.3) is 0 Å². The molecule has 0 spiro atoms. The van der Waals surface area contributed by atoms with E-state index in [4.69, 9.17) is 0 Å². The maximum absolute atomic E-state index is 13.5. The summed E-state index contributed by atoms with van der Waals surface area (Å²) in [6.07, 6.45) is 1.85. The van der Waals surface area contributed by atoms with Gasteiger partial charge in [-0.15, -0.1) is 0 Å². The first-order chi connectivity index (χ1) is 14.0. The number of nitrogens with one attached hydrogen (secondary N) is 1. The predicted octanol–water partition coefficient (Wildman–Crippen LogP) is 3.63. The molecule has 2 amide bonds. The number of aromatic nitrogens is 1. The summed E-state index contributed by atoms with van der Waals surface area (Å²) < 4.78 is 1.85. The van der Waals surface area contributed by atoms with Gasteiger partial charge in [0.15, 0.2) is 6.20 Å². The molecule has 0 unspecified atom stereocenters. The Labute approximate surface area is 170 Å². The third-order valence-corrected chi connectivity index (χ3v) is 5.38. The van der Waals surface area contributed by atoms with E-state index in [1.807, 2.05) is 92.2 Å². The smallest absolute Gasteiger partial charge is 0.294 e. The number of anilines is 2. The molecule has 0 bridgehead atoms. The highest BCUT2D eigenvalue weighted by Crippen LogP contribution is 2.31. The van der Waals surface area contributed by atoms with Crippen LogP contribution in [0.3, 0.4) is 0 Å². The Morgan fingerprint density at radius 3 is 2.34 bits per heavy atom. The summed E-state index contributed by atoms with van der Waals surface area (Å²) in [6.45, 7) is 6.14. The second-order valence-corrected chi connectivity index (χ2v) is 7.51. The molecule has 0 fully saturated rings. The first-order valence-electron chi connectivity index (χ1n) is 9.70. The number of amides is 2. The number of para-hydroxylation sites is 1. The first kappa shape index (κ1) is 18.9. The topological polar surface area (TPSA) is 53.3 Å². The molecule has 4 rings (SSSR count). The number of fused-ring (bicyclic) bond motifs is 1.